The van der Waals surface area contributed by atoms with Gasteiger partial charge in [0.2, 0.25) is 5.17 Å². The Balaban J connectivity index is 1.48. The number of aliphatic imine (C=N–C) groups is 1. The lowest BCUT2D eigenvalue weighted by Gasteiger charge is -2.20. The summed E-state index contributed by atoms with van der Waals surface area (Å²) in [5, 5.41) is 16.3. The van der Waals surface area contributed by atoms with Crippen molar-refractivity contribution in [3.63, 3.8) is 0 Å². The molecular weight excluding hydrogens is 425 g/mol. The quantitative estimate of drug-likeness (QED) is 0.635. The molecule has 6 nitrogen and oxygen atoms in total. The molecule has 0 saturated heterocycles. The molecule has 32 heavy (non-hydrogen) atoms. The third kappa shape index (κ3) is 3.62. The van der Waals surface area contributed by atoms with Gasteiger partial charge in [-0.15, -0.1) is 0 Å². The summed E-state index contributed by atoms with van der Waals surface area (Å²) in [6.07, 6.45) is 7.54. The maximum absolute atomic E-state index is 13.8. The Kier molecular flexibility index (Phi) is 5.33. The highest BCUT2D eigenvalue weighted by molar-refractivity contribution is 8.27. The largest absolute Gasteiger partial charge is 0.318 e. The average Bonchev–Trinajstić information content (AvgIpc) is 3.32. The number of halogens is 1. The van der Waals surface area contributed by atoms with Crippen LogP contribution in [0.4, 0.5) is 4.39 Å². The van der Waals surface area contributed by atoms with Gasteiger partial charge in [-0.05, 0) is 74.4 Å². The monoisotopic (exact) mass is 449 g/mol. The van der Waals surface area contributed by atoms with Crippen molar-refractivity contribution in [2.24, 2.45) is 16.0 Å². The Morgan fingerprint density at radius 1 is 1.19 bits per heavy atom. The highest BCUT2D eigenvalue weighted by Gasteiger charge is 2.38. The topological polar surface area (TPSA) is 73.8 Å². The molecule has 164 valence electrons. The molecule has 0 unspecified atom stereocenters. The van der Waals surface area contributed by atoms with Gasteiger partial charge in [-0.25, -0.2) is 4.39 Å². The van der Waals surface area contributed by atoms with Crippen molar-refractivity contribution in [3.8, 4) is 5.69 Å². The summed E-state index contributed by atoms with van der Waals surface area (Å²) in [7, 11) is 0. The van der Waals surface area contributed by atoms with E-state index in [1.54, 1.807) is 12.1 Å². The van der Waals surface area contributed by atoms with Gasteiger partial charge in [-0.2, -0.15) is 15.1 Å². The number of hydrogen-bond acceptors (Lipinski definition) is 4. The molecule has 1 aliphatic carbocycles. The van der Waals surface area contributed by atoms with Crippen LogP contribution in [0.1, 0.15) is 49.1 Å². The Bertz CT molecular complexity index is 1220. The van der Waals surface area contributed by atoms with Crippen LogP contribution in [0.2, 0.25) is 0 Å². The standard InChI is InChI=1S/C24H24FN5OS/c1-14-11-17(15(2)29(14)19-10-6-9-18(25)13-19)12-20-21(26)30-24(27-22(20)31)32-23(28-30)16-7-4-3-5-8-16/h6,9-13,16,26H,3-5,7-8H2,1-2H3/b20-12-,26-21?. The number of nitrogens with one attached hydrogen (secondary N) is 1. The predicted molar refractivity (Wildman–Crippen MR) is 127 cm³/mol. The highest BCUT2D eigenvalue weighted by atomic mass is 32.2. The third-order valence-corrected chi connectivity index (χ3v) is 7.33. The van der Waals surface area contributed by atoms with E-state index in [2.05, 4.69) is 10.1 Å². The van der Waals surface area contributed by atoms with Crippen LogP contribution in [-0.4, -0.2) is 31.5 Å². The smallest absolute Gasteiger partial charge is 0.283 e. The van der Waals surface area contributed by atoms with E-state index in [4.69, 9.17) is 5.41 Å². The molecule has 1 amide bonds. The van der Waals surface area contributed by atoms with Gasteiger partial charge in [0.25, 0.3) is 5.91 Å². The molecule has 2 aliphatic heterocycles. The number of aromatic nitrogens is 1. The van der Waals surface area contributed by atoms with E-state index in [1.165, 1.54) is 48.2 Å². The fourth-order valence-electron chi connectivity index (χ4n) is 4.62. The van der Waals surface area contributed by atoms with Gasteiger partial charge in [0.05, 0.1) is 5.57 Å². The highest BCUT2D eigenvalue weighted by Crippen LogP contribution is 2.36. The normalized spacial score (nSPS) is 20.6. The number of thioether (sulfide) groups is 1. The maximum atomic E-state index is 13.8. The van der Waals surface area contributed by atoms with E-state index in [9.17, 15) is 9.18 Å². The lowest BCUT2D eigenvalue weighted by molar-refractivity contribution is -0.114. The zero-order valence-corrected chi connectivity index (χ0v) is 18.9. The molecule has 0 bridgehead atoms. The lowest BCUT2D eigenvalue weighted by Crippen LogP contribution is -2.35. The zero-order chi connectivity index (χ0) is 22.4. The number of amides is 1. The van der Waals surface area contributed by atoms with E-state index in [-0.39, 0.29) is 17.2 Å². The Hall–Kier alpha value is -3.00. The van der Waals surface area contributed by atoms with E-state index in [1.807, 2.05) is 30.5 Å². The number of amidine groups is 2. The molecule has 1 fully saturated rings. The summed E-state index contributed by atoms with van der Waals surface area (Å²) >= 11 is 1.42. The molecule has 1 N–H and O–H groups in total. The number of aryl methyl sites for hydroxylation is 1. The Morgan fingerprint density at radius 3 is 2.72 bits per heavy atom. The van der Waals surface area contributed by atoms with Gasteiger partial charge < -0.3 is 4.57 Å². The van der Waals surface area contributed by atoms with Gasteiger partial charge >= 0.3 is 0 Å². The van der Waals surface area contributed by atoms with Crippen molar-refractivity contribution in [3.05, 3.63) is 58.7 Å². The summed E-state index contributed by atoms with van der Waals surface area (Å²) in [6.45, 7) is 3.85. The summed E-state index contributed by atoms with van der Waals surface area (Å²) in [4.78, 5) is 17.0. The minimum Gasteiger partial charge on any atom is -0.318 e. The molecule has 8 heteroatoms. The maximum Gasteiger partial charge on any atom is 0.283 e. The first-order valence-corrected chi connectivity index (χ1v) is 11.7. The Labute approximate surface area is 190 Å². The minimum absolute atomic E-state index is 0.0499. The zero-order valence-electron chi connectivity index (χ0n) is 18.1. The van der Waals surface area contributed by atoms with Gasteiger partial charge in [-0.3, -0.25) is 10.2 Å². The number of rotatable bonds is 3. The first-order chi connectivity index (χ1) is 15.4. The summed E-state index contributed by atoms with van der Waals surface area (Å²) in [5.74, 6) is -0.292. The van der Waals surface area contributed by atoms with Crippen molar-refractivity contribution in [2.75, 3.05) is 0 Å². The summed E-state index contributed by atoms with van der Waals surface area (Å²) in [5.41, 5.74) is 3.49. The molecule has 3 aliphatic rings. The van der Waals surface area contributed by atoms with Crippen molar-refractivity contribution in [2.45, 2.75) is 46.0 Å². The van der Waals surface area contributed by atoms with Crippen LogP contribution in [0.25, 0.3) is 11.8 Å². The predicted octanol–water partition coefficient (Wildman–Crippen LogP) is 5.43. The fraction of sp³-hybridized carbons (Fsp3) is 0.333. The van der Waals surface area contributed by atoms with Crippen LogP contribution in [-0.2, 0) is 4.79 Å². The van der Waals surface area contributed by atoms with Crippen molar-refractivity contribution < 1.29 is 9.18 Å². The van der Waals surface area contributed by atoms with Gasteiger partial charge in [0.1, 0.15) is 10.9 Å². The van der Waals surface area contributed by atoms with Crippen LogP contribution in [0.15, 0.2) is 46.0 Å². The summed E-state index contributed by atoms with van der Waals surface area (Å²) in [6, 6.07) is 8.33. The molecule has 0 atom stereocenters. The second kappa shape index (κ2) is 8.16. The number of hydrogen-bond donors (Lipinski definition) is 1. The molecule has 1 aromatic heterocycles. The number of fused-ring (bicyclic) bond motifs is 1. The Morgan fingerprint density at radius 2 is 1.97 bits per heavy atom. The number of carbonyl (C=O) groups is 1. The minimum atomic E-state index is -0.426. The molecule has 0 spiro atoms. The van der Waals surface area contributed by atoms with Crippen molar-refractivity contribution in [1.82, 2.24) is 9.58 Å². The fourth-order valence-corrected chi connectivity index (χ4v) is 5.68. The number of carbonyl (C=O) groups excluding carboxylic acids is 1. The van der Waals surface area contributed by atoms with E-state index in [0.29, 0.717) is 16.8 Å². The molecular formula is C24H24FN5OS. The molecule has 1 saturated carbocycles. The third-order valence-electron chi connectivity index (χ3n) is 6.26. The second-order valence-corrected chi connectivity index (χ2v) is 9.42. The van der Waals surface area contributed by atoms with Crippen LogP contribution in [0, 0.1) is 31.0 Å². The van der Waals surface area contributed by atoms with Crippen LogP contribution < -0.4 is 0 Å². The number of benzene rings is 1. The van der Waals surface area contributed by atoms with Crippen LogP contribution in [0.3, 0.4) is 0 Å². The first kappa shape index (κ1) is 20.9. The van der Waals surface area contributed by atoms with Gasteiger partial charge in [0, 0.05) is 23.0 Å². The van der Waals surface area contributed by atoms with E-state index >= 15 is 0 Å². The SMILES string of the molecule is Cc1cc(/C=C2/C(=N)N3N=C(C4CCCCC4)SC3=NC2=O)c(C)n1-c1cccc(F)c1. The van der Waals surface area contributed by atoms with Crippen LogP contribution in [0.5, 0.6) is 0 Å². The van der Waals surface area contributed by atoms with Crippen molar-refractivity contribution >= 4 is 39.8 Å². The number of hydrazone groups is 1. The molecule has 2 aromatic rings. The summed E-state index contributed by atoms with van der Waals surface area (Å²) < 4.78 is 15.7. The first-order valence-electron chi connectivity index (χ1n) is 10.9. The second-order valence-electron chi connectivity index (χ2n) is 8.43. The number of nitrogens with zero attached hydrogens (tertiary/aromatic N) is 4. The van der Waals surface area contributed by atoms with Crippen molar-refractivity contribution in [1.29, 1.82) is 5.41 Å². The molecule has 3 heterocycles. The van der Waals surface area contributed by atoms with E-state index < -0.39 is 5.91 Å². The lowest BCUT2D eigenvalue weighted by atomic mass is 9.90. The van der Waals surface area contributed by atoms with Gasteiger partial charge in [0.15, 0.2) is 5.84 Å². The van der Waals surface area contributed by atoms with Crippen LogP contribution >= 0.6 is 11.8 Å². The molecule has 5 rings (SSSR count). The average molecular weight is 450 g/mol. The van der Waals surface area contributed by atoms with Gasteiger partial charge in [-0.1, -0.05) is 25.3 Å². The molecule has 1 aromatic carbocycles. The van der Waals surface area contributed by atoms with E-state index in [0.717, 1.165) is 34.8 Å². The molecule has 0 radical (unpaired) electrons.